The number of hydrogen-bond donors (Lipinski definition) is 2. The van der Waals surface area contributed by atoms with Crippen molar-refractivity contribution >= 4 is 5.69 Å². The van der Waals surface area contributed by atoms with Gasteiger partial charge >= 0.3 is 5.69 Å². The predicted molar refractivity (Wildman–Crippen MR) is 69.7 cm³/mol. The van der Waals surface area contributed by atoms with Gasteiger partial charge in [-0.2, -0.15) is 5.10 Å². The van der Waals surface area contributed by atoms with Crippen molar-refractivity contribution in [1.82, 2.24) is 15.1 Å². The van der Waals surface area contributed by atoms with Gasteiger partial charge in [0.25, 0.3) is 0 Å². The second kappa shape index (κ2) is 6.63. The van der Waals surface area contributed by atoms with Gasteiger partial charge in [-0.25, -0.2) is 0 Å². The molecule has 19 heavy (non-hydrogen) atoms. The van der Waals surface area contributed by atoms with Crippen molar-refractivity contribution in [3.63, 3.8) is 0 Å². The van der Waals surface area contributed by atoms with E-state index in [-0.39, 0.29) is 12.2 Å². The molecule has 1 aromatic rings. The summed E-state index contributed by atoms with van der Waals surface area (Å²) in [4.78, 5) is 9.99. The van der Waals surface area contributed by atoms with E-state index < -0.39 is 11.0 Å². The summed E-state index contributed by atoms with van der Waals surface area (Å²) in [5, 5.41) is 27.3. The molecule has 1 fully saturated rings. The third-order valence-electron chi connectivity index (χ3n) is 3.27. The quantitative estimate of drug-likeness (QED) is 0.395. The zero-order chi connectivity index (χ0) is 13.7. The molecule has 0 amide bonds. The van der Waals surface area contributed by atoms with Crippen LogP contribution in [-0.2, 0) is 6.54 Å². The van der Waals surface area contributed by atoms with Gasteiger partial charge in [-0.05, 0) is 25.3 Å². The van der Waals surface area contributed by atoms with Crippen LogP contribution in [0.5, 0.6) is 0 Å². The minimum atomic E-state index is -0.583. The van der Waals surface area contributed by atoms with Crippen LogP contribution in [0, 0.1) is 16.0 Å². The molecule has 7 nitrogen and oxygen atoms in total. The Morgan fingerprint density at radius 1 is 1.63 bits per heavy atom. The number of hydrogen-bond acceptors (Lipinski definition) is 5. The normalized spacial score (nSPS) is 16.5. The van der Waals surface area contributed by atoms with Crippen LogP contribution in [0.3, 0.4) is 0 Å². The number of nitrogens with one attached hydrogen (secondary N) is 1. The minimum absolute atomic E-state index is 0.0513. The molecule has 1 unspecified atom stereocenters. The van der Waals surface area contributed by atoms with E-state index in [0.717, 1.165) is 18.9 Å². The van der Waals surface area contributed by atoms with Gasteiger partial charge < -0.3 is 10.4 Å². The molecule has 1 atom stereocenters. The highest BCUT2D eigenvalue weighted by molar-refractivity contribution is 5.20. The Morgan fingerprint density at radius 2 is 2.42 bits per heavy atom. The fourth-order valence-electron chi connectivity index (χ4n) is 2.02. The lowest BCUT2D eigenvalue weighted by molar-refractivity contribution is -0.385. The monoisotopic (exact) mass is 268 g/mol. The van der Waals surface area contributed by atoms with Gasteiger partial charge in [-0.15, -0.1) is 0 Å². The van der Waals surface area contributed by atoms with Crippen LogP contribution in [0.15, 0.2) is 12.4 Å². The Hall–Kier alpha value is -1.47. The molecule has 2 N–H and O–H groups in total. The molecule has 0 spiro atoms. The Balaban J connectivity index is 1.59. The summed E-state index contributed by atoms with van der Waals surface area (Å²) >= 11 is 0. The van der Waals surface area contributed by atoms with E-state index in [1.54, 1.807) is 0 Å². The van der Waals surface area contributed by atoms with E-state index in [1.807, 2.05) is 0 Å². The van der Waals surface area contributed by atoms with Crippen molar-refractivity contribution in [3.05, 3.63) is 22.5 Å². The first-order chi connectivity index (χ1) is 9.15. The van der Waals surface area contributed by atoms with Crippen LogP contribution < -0.4 is 5.32 Å². The Bertz CT molecular complexity index is 417. The zero-order valence-corrected chi connectivity index (χ0v) is 10.9. The summed E-state index contributed by atoms with van der Waals surface area (Å²) in [6.07, 6.45) is 7.10. The van der Waals surface area contributed by atoms with Gasteiger partial charge in [-0.1, -0.05) is 12.8 Å². The maximum atomic E-state index is 10.5. The fraction of sp³-hybridized carbons (Fsp3) is 0.750. The third-order valence-corrected chi connectivity index (χ3v) is 3.27. The standard InChI is InChI=1S/C12H20N4O3/c17-12(7-13-5-1-2-10-3-4-10)9-15-8-11(6-14-15)16(18)19/h6,8,10,12-13,17H,1-5,7,9H2. The Labute approximate surface area is 111 Å². The molecule has 0 bridgehead atoms. The SMILES string of the molecule is O=[N+]([O-])c1cnn(CC(O)CNCCCC2CC2)c1. The molecule has 1 saturated carbocycles. The second-order valence-electron chi connectivity index (χ2n) is 5.12. The maximum Gasteiger partial charge on any atom is 0.306 e. The molecule has 1 aliphatic carbocycles. The molecule has 106 valence electrons. The van der Waals surface area contributed by atoms with Crippen molar-refractivity contribution in [1.29, 1.82) is 0 Å². The average molecular weight is 268 g/mol. The molecule has 7 heteroatoms. The molecule has 0 saturated heterocycles. The van der Waals surface area contributed by atoms with Gasteiger partial charge in [-0.3, -0.25) is 14.8 Å². The van der Waals surface area contributed by atoms with Gasteiger partial charge in [0.2, 0.25) is 0 Å². The minimum Gasteiger partial charge on any atom is -0.390 e. The van der Waals surface area contributed by atoms with Crippen molar-refractivity contribution in [3.8, 4) is 0 Å². The summed E-state index contributed by atoms with van der Waals surface area (Å²) in [6.45, 7) is 1.66. The summed E-state index contributed by atoms with van der Waals surface area (Å²) in [5.74, 6) is 0.941. The average Bonchev–Trinajstić information content (AvgIpc) is 3.06. The first-order valence-corrected chi connectivity index (χ1v) is 6.71. The highest BCUT2D eigenvalue weighted by Crippen LogP contribution is 2.33. The van der Waals surface area contributed by atoms with Crippen LogP contribution in [0.25, 0.3) is 0 Å². The molecule has 0 aliphatic heterocycles. The van der Waals surface area contributed by atoms with E-state index >= 15 is 0 Å². The topological polar surface area (TPSA) is 93.2 Å². The molecular formula is C12H20N4O3. The molecular weight excluding hydrogens is 248 g/mol. The lowest BCUT2D eigenvalue weighted by atomic mass is 10.2. The lowest BCUT2D eigenvalue weighted by Gasteiger charge is -2.11. The van der Waals surface area contributed by atoms with E-state index in [2.05, 4.69) is 10.4 Å². The lowest BCUT2D eigenvalue weighted by Crippen LogP contribution is -2.31. The highest BCUT2D eigenvalue weighted by atomic mass is 16.6. The first-order valence-electron chi connectivity index (χ1n) is 6.71. The van der Waals surface area contributed by atoms with Gasteiger partial charge in [0.1, 0.15) is 12.4 Å². The highest BCUT2D eigenvalue weighted by Gasteiger charge is 2.20. The number of aliphatic hydroxyl groups is 1. The molecule has 2 rings (SSSR count). The number of nitro groups is 1. The van der Waals surface area contributed by atoms with Crippen LogP contribution in [-0.4, -0.2) is 39.0 Å². The third kappa shape index (κ3) is 4.96. The van der Waals surface area contributed by atoms with E-state index in [9.17, 15) is 15.2 Å². The Kier molecular flexibility index (Phi) is 4.86. The summed E-state index contributed by atoms with van der Waals surface area (Å²) in [5.41, 5.74) is -0.0513. The Morgan fingerprint density at radius 3 is 3.05 bits per heavy atom. The summed E-state index contributed by atoms with van der Waals surface area (Å²) in [6, 6.07) is 0. The van der Waals surface area contributed by atoms with Crippen molar-refractivity contribution in [2.75, 3.05) is 13.1 Å². The van der Waals surface area contributed by atoms with Crippen LogP contribution in [0.2, 0.25) is 0 Å². The van der Waals surface area contributed by atoms with Crippen molar-refractivity contribution < 1.29 is 10.0 Å². The summed E-state index contributed by atoms with van der Waals surface area (Å²) in [7, 11) is 0. The maximum absolute atomic E-state index is 10.5. The number of aromatic nitrogens is 2. The molecule has 0 aromatic carbocycles. The molecule has 1 aliphatic rings. The molecule has 1 heterocycles. The fourth-order valence-corrected chi connectivity index (χ4v) is 2.02. The molecule has 0 radical (unpaired) electrons. The zero-order valence-electron chi connectivity index (χ0n) is 10.9. The van der Waals surface area contributed by atoms with Crippen LogP contribution >= 0.6 is 0 Å². The number of rotatable bonds is 9. The van der Waals surface area contributed by atoms with Gasteiger partial charge in [0.15, 0.2) is 0 Å². The van der Waals surface area contributed by atoms with Gasteiger partial charge in [0, 0.05) is 6.54 Å². The van der Waals surface area contributed by atoms with E-state index in [0.29, 0.717) is 6.54 Å². The number of nitrogens with zero attached hydrogens (tertiary/aromatic N) is 3. The predicted octanol–water partition coefficient (Wildman–Crippen LogP) is 0.932. The smallest absolute Gasteiger partial charge is 0.306 e. The van der Waals surface area contributed by atoms with Gasteiger partial charge in [0.05, 0.1) is 17.6 Å². The first kappa shape index (κ1) is 14.0. The molecule has 1 aromatic heterocycles. The van der Waals surface area contributed by atoms with Crippen molar-refractivity contribution in [2.45, 2.75) is 38.3 Å². The van der Waals surface area contributed by atoms with E-state index in [1.165, 1.54) is 36.3 Å². The van der Waals surface area contributed by atoms with Crippen LogP contribution in [0.1, 0.15) is 25.7 Å². The largest absolute Gasteiger partial charge is 0.390 e. The summed E-state index contributed by atoms with van der Waals surface area (Å²) < 4.78 is 1.40. The number of aliphatic hydroxyl groups excluding tert-OH is 1. The second-order valence-corrected chi connectivity index (χ2v) is 5.12. The van der Waals surface area contributed by atoms with E-state index in [4.69, 9.17) is 0 Å². The van der Waals surface area contributed by atoms with Crippen LogP contribution in [0.4, 0.5) is 5.69 Å². The van der Waals surface area contributed by atoms with Crippen molar-refractivity contribution in [2.24, 2.45) is 5.92 Å².